The topological polar surface area (TPSA) is 64.9 Å². The van der Waals surface area contributed by atoms with Crippen molar-refractivity contribution < 1.29 is 4.79 Å². The van der Waals surface area contributed by atoms with E-state index in [1.807, 2.05) is 42.5 Å². The van der Waals surface area contributed by atoms with Crippen molar-refractivity contribution >= 4 is 17.5 Å². The Kier molecular flexibility index (Phi) is 8.25. The fourth-order valence-corrected chi connectivity index (χ4v) is 2.64. The van der Waals surface area contributed by atoms with Crippen LogP contribution in [0.4, 0.5) is 0 Å². The summed E-state index contributed by atoms with van der Waals surface area (Å²) >= 11 is 6.05. The first-order valence-corrected chi connectivity index (χ1v) is 8.97. The number of nitrogens with zero attached hydrogens (tertiary/aromatic N) is 1. The number of carbonyl (C=O) groups excluding carboxylic acids is 1. The Morgan fingerprint density at radius 2 is 1.81 bits per heavy atom. The summed E-state index contributed by atoms with van der Waals surface area (Å²) in [7, 11) is 0. The van der Waals surface area contributed by atoms with Gasteiger partial charge in [-0.1, -0.05) is 60.1 Å². The summed E-state index contributed by atoms with van der Waals surface area (Å²) in [5.74, 6) is -0.413. The van der Waals surface area contributed by atoms with Crippen LogP contribution in [0.3, 0.4) is 0 Å². The van der Waals surface area contributed by atoms with Crippen molar-refractivity contribution in [2.24, 2.45) is 0 Å². The molecular formula is C21H22ClN3O. The number of benzene rings is 2. The van der Waals surface area contributed by atoms with Gasteiger partial charge < -0.3 is 10.6 Å². The van der Waals surface area contributed by atoms with Gasteiger partial charge in [-0.15, -0.1) is 0 Å². The largest absolute Gasteiger partial charge is 0.390 e. The van der Waals surface area contributed by atoms with Crippen LogP contribution in [0.15, 0.2) is 66.4 Å². The Bertz CT molecular complexity index is 781. The molecule has 0 spiro atoms. The zero-order chi connectivity index (χ0) is 18.6. The van der Waals surface area contributed by atoms with E-state index in [9.17, 15) is 4.79 Å². The van der Waals surface area contributed by atoms with E-state index in [0.29, 0.717) is 5.02 Å². The molecule has 0 saturated heterocycles. The molecule has 134 valence electrons. The van der Waals surface area contributed by atoms with Gasteiger partial charge in [0.15, 0.2) is 0 Å². The van der Waals surface area contributed by atoms with Gasteiger partial charge in [0.05, 0.1) is 0 Å². The number of hydrogen-bond donors (Lipinski definition) is 2. The zero-order valence-electron chi connectivity index (χ0n) is 14.5. The number of unbranched alkanes of at least 4 members (excludes halogenated alkanes) is 1. The minimum atomic E-state index is -0.413. The Hall–Kier alpha value is -2.77. The van der Waals surface area contributed by atoms with Crippen molar-refractivity contribution in [3.63, 3.8) is 0 Å². The van der Waals surface area contributed by atoms with Gasteiger partial charge in [0, 0.05) is 24.3 Å². The predicted octanol–water partition coefficient (Wildman–Crippen LogP) is 3.98. The summed E-state index contributed by atoms with van der Waals surface area (Å²) < 4.78 is 0. The summed E-state index contributed by atoms with van der Waals surface area (Å²) in [5.41, 5.74) is 2.19. The number of amides is 1. The molecule has 2 rings (SSSR count). The number of nitrogens with one attached hydrogen (secondary N) is 2. The van der Waals surface area contributed by atoms with Crippen molar-refractivity contribution in [2.75, 3.05) is 6.54 Å². The van der Waals surface area contributed by atoms with Crippen molar-refractivity contribution in [1.29, 1.82) is 5.26 Å². The van der Waals surface area contributed by atoms with Crippen molar-refractivity contribution in [3.8, 4) is 6.07 Å². The van der Waals surface area contributed by atoms with Crippen molar-refractivity contribution in [1.82, 2.24) is 10.6 Å². The van der Waals surface area contributed by atoms with Gasteiger partial charge in [-0.3, -0.25) is 4.79 Å². The molecule has 1 amide bonds. The van der Waals surface area contributed by atoms with Gasteiger partial charge in [0.2, 0.25) is 0 Å². The quantitative estimate of drug-likeness (QED) is 0.400. The van der Waals surface area contributed by atoms with E-state index in [1.54, 1.807) is 6.07 Å². The van der Waals surface area contributed by atoms with Gasteiger partial charge >= 0.3 is 0 Å². The molecule has 0 heterocycles. The summed E-state index contributed by atoms with van der Waals surface area (Å²) in [4.78, 5) is 12.1. The summed E-state index contributed by atoms with van der Waals surface area (Å²) in [6.07, 6.45) is 4.51. The monoisotopic (exact) mass is 367 g/mol. The molecule has 2 aromatic carbocycles. The number of hydrogen-bond acceptors (Lipinski definition) is 3. The molecule has 2 aromatic rings. The summed E-state index contributed by atoms with van der Waals surface area (Å²) in [5, 5.41) is 15.5. The highest BCUT2D eigenvalue weighted by atomic mass is 35.5. The lowest BCUT2D eigenvalue weighted by Crippen LogP contribution is -2.25. The molecule has 5 heteroatoms. The van der Waals surface area contributed by atoms with Crippen LogP contribution in [0.25, 0.3) is 0 Å². The number of rotatable bonds is 9. The van der Waals surface area contributed by atoms with Crippen molar-refractivity contribution in [2.45, 2.75) is 25.8 Å². The summed E-state index contributed by atoms with van der Waals surface area (Å²) in [6, 6.07) is 19.5. The Balaban J connectivity index is 1.70. The van der Waals surface area contributed by atoms with Crippen LogP contribution in [0.1, 0.15) is 24.0 Å². The highest BCUT2D eigenvalue weighted by Gasteiger charge is 2.09. The van der Waals surface area contributed by atoms with Gasteiger partial charge in [-0.05, 0) is 36.5 Å². The first-order valence-electron chi connectivity index (χ1n) is 8.60. The van der Waals surface area contributed by atoms with Crippen LogP contribution >= 0.6 is 11.6 Å². The fourth-order valence-electron chi connectivity index (χ4n) is 2.44. The van der Waals surface area contributed by atoms with E-state index in [2.05, 4.69) is 22.8 Å². The summed E-state index contributed by atoms with van der Waals surface area (Å²) in [6.45, 7) is 1.00. The third-order valence-corrected chi connectivity index (χ3v) is 4.26. The Morgan fingerprint density at radius 3 is 2.54 bits per heavy atom. The zero-order valence-corrected chi connectivity index (χ0v) is 15.3. The van der Waals surface area contributed by atoms with E-state index in [4.69, 9.17) is 16.9 Å². The molecule has 2 N–H and O–H groups in total. The third kappa shape index (κ3) is 6.62. The second-order valence-corrected chi connectivity index (χ2v) is 6.25. The predicted molar refractivity (Wildman–Crippen MR) is 104 cm³/mol. The van der Waals surface area contributed by atoms with E-state index < -0.39 is 5.91 Å². The molecule has 26 heavy (non-hydrogen) atoms. The van der Waals surface area contributed by atoms with E-state index in [0.717, 1.165) is 31.4 Å². The molecule has 0 bridgehead atoms. The van der Waals surface area contributed by atoms with Gasteiger partial charge in [0.1, 0.15) is 11.6 Å². The van der Waals surface area contributed by atoms with Gasteiger partial charge in [-0.25, -0.2) is 0 Å². The maximum atomic E-state index is 12.1. The van der Waals surface area contributed by atoms with E-state index in [-0.39, 0.29) is 12.1 Å². The molecule has 0 fully saturated rings. The standard InChI is InChI=1S/C21H22ClN3O/c22-20-12-5-4-11-18(20)16-25-21(26)19(14-23)15-24-13-7-6-10-17-8-2-1-3-9-17/h1-5,8-9,11-12,15,24H,6-7,10,13,16H2,(H,25,26)/b19-15-. The van der Waals surface area contributed by atoms with Crippen LogP contribution < -0.4 is 10.6 Å². The maximum absolute atomic E-state index is 12.1. The first kappa shape index (κ1) is 19.6. The van der Waals surface area contributed by atoms with Gasteiger partial charge in [-0.2, -0.15) is 5.26 Å². The molecule has 0 saturated carbocycles. The van der Waals surface area contributed by atoms with E-state index >= 15 is 0 Å². The smallest absolute Gasteiger partial charge is 0.263 e. The SMILES string of the molecule is N#C/C(=C/NCCCCc1ccccc1)C(=O)NCc1ccccc1Cl. The lowest BCUT2D eigenvalue weighted by Gasteiger charge is -2.07. The minimum Gasteiger partial charge on any atom is -0.390 e. The number of aryl methyl sites for hydroxylation is 1. The maximum Gasteiger partial charge on any atom is 0.263 e. The average molecular weight is 368 g/mol. The molecular weight excluding hydrogens is 346 g/mol. The molecule has 4 nitrogen and oxygen atoms in total. The third-order valence-electron chi connectivity index (χ3n) is 3.89. The van der Waals surface area contributed by atoms with Crippen molar-refractivity contribution in [3.05, 3.63) is 82.5 Å². The average Bonchev–Trinajstić information content (AvgIpc) is 2.67. The molecule has 0 aromatic heterocycles. The second kappa shape index (κ2) is 11.0. The highest BCUT2D eigenvalue weighted by Crippen LogP contribution is 2.14. The molecule has 0 aliphatic rings. The lowest BCUT2D eigenvalue weighted by molar-refractivity contribution is -0.117. The number of nitriles is 1. The normalized spacial score (nSPS) is 10.8. The molecule has 0 aliphatic heterocycles. The Labute approximate surface area is 159 Å². The van der Waals surface area contributed by atoms with E-state index in [1.165, 1.54) is 11.8 Å². The fraction of sp³-hybridized carbons (Fsp3) is 0.238. The number of carbonyl (C=O) groups is 1. The molecule has 0 unspecified atom stereocenters. The van der Waals surface area contributed by atoms with Gasteiger partial charge in [0.25, 0.3) is 5.91 Å². The lowest BCUT2D eigenvalue weighted by atomic mass is 10.1. The Morgan fingerprint density at radius 1 is 1.08 bits per heavy atom. The highest BCUT2D eigenvalue weighted by molar-refractivity contribution is 6.31. The van der Waals surface area contributed by atoms with Crippen LogP contribution in [0.2, 0.25) is 5.02 Å². The van der Waals surface area contributed by atoms with Crippen LogP contribution in [0.5, 0.6) is 0 Å². The first-order chi connectivity index (χ1) is 12.7. The van der Waals surface area contributed by atoms with Crippen LogP contribution in [0, 0.1) is 11.3 Å². The number of halogens is 1. The molecule has 0 radical (unpaired) electrons. The second-order valence-electron chi connectivity index (χ2n) is 5.84. The molecule has 0 aliphatic carbocycles. The molecule has 0 atom stereocenters. The van der Waals surface area contributed by atoms with Crippen LogP contribution in [-0.2, 0) is 17.8 Å². The van der Waals surface area contributed by atoms with Crippen LogP contribution in [-0.4, -0.2) is 12.5 Å². The minimum absolute atomic E-state index is 0.0557.